The topological polar surface area (TPSA) is 63.6 Å². The predicted molar refractivity (Wildman–Crippen MR) is 78.6 cm³/mol. The van der Waals surface area contributed by atoms with Crippen molar-refractivity contribution in [3.63, 3.8) is 0 Å². The van der Waals surface area contributed by atoms with Crippen molar-refractivity contribution in [1.29, 1.82) is 0 Å². The smallest absolute Gasteiger partial charge is 0.351 e. The van der Waals surface area contributed by atoms with Crippen molar-refractivity contribution in [3.05, 3.63) is 22.5 Å². The first kappa shape index (κ1) is 15.8. The first-order chi connectivity index (χ1) is 9.15. The van der Waals surface area contributed by atoms with E-state index in [1.54, 1.807) is 11.5 Å². The minimum Gasteiger partial charge on any atom is -0.474 e. The quantitative estimate of drug-likeness (QED) is 0.402. The van der Waals surface area contributed by atoms with Crippen LogP contribution < -0.4 is 0 Å². The largest absolute Gasteiger partial charge is 0.474 e. The number of esters is 1. The summed E-state index contributed by atoms with van der Waals surface area (Å²) in [7, 11) is -1.33. The van der Waals surface area contributed by atoms with Gasteiger partial charge in [0.1, 0.15) is 0 Å². The lowest BCUT2D eigenvalue weighted by molar-refractivity contribution is -0.138. The van der Waals surface area contributed by atoms with Gasteiger partial charge in [-0.3, -0.25) is 0 Å². The van der Waals surface area contributed by atoms with Crippen molar-refractivity contribution >= 4 is 22.2 Å². The molecule has 1 rings (SSSR count). The first-order valence-corrected chi connectivity index (χ1v) is 8.21. The molecule has 1 aliphatic rings. The number of carboxylic acid groups (broad SMARTS) is 1. The molecule has 0 bridgehead atoms. The van der Waals surface area contributed by atoms with E-state index in [9.17, 15) is 9.59 Å². The maximum atomic E-state index is 11.6. The Balaban J connectivity index is 2.14. The molecule has 0 radical (unpaired) electrons. The summed E-state index contributed by atoms with van der Waals surface area (Å²) in [5.74, 6) is -0.406. The maximum absolute atomic E-state index is 11.6. The molecule has 1 heterocycles. The fraction of sp³-hybridized carbons (Fsp3) is 0.571. The van der Waals surface area contributed by atoms with Crippen LogP contribution in [0.15, 0.2) is 22.5 Å². The van der Waals surface area contributed by atoms with Crippen molar-refractivity contribution < 1.29 is 19.4 Å². The third-order valence-corrected chi connectivity index (χ3v) is 4.35. The van der Waals surface area contributed by atoms with Crippen LogP contribution in [-0.2, 0) is 9.53 Å². The molecule has 0 fully saturated rings. The molecule has 0 amide bonds. The molecule has 0 saturated heterocycles. The van der Waals surface area contributed by atoms with E-state index in [2.05, 4.69) is 6.92 Å². The average Bonchev–Trinajstić information content (AvgIpc) is 2.87. The van der Waals surface area contributed by atoms with Crippen LogP contribution in [0.25, 0.3) is 0 Å². The third-order valence-electron chi connectivity index (χ3n) is 2.88. The van der Waals surface area contributed by atoms with Gasteiger partial charge in [0.25, 0.3) is 0 Å². The van der Waals surface area contributed by atoms with E-state index >= 15 is 0 Å². The highest BCUT2D eigenvalue weighted by molar-refractivity contribution is 8.34. The molecule has 0 saturated carbocycles. The van der Waals surface area contributed by atoms with E-state index in [-0.39, 0.29) is 0 Å². The van der Waals surface area contributed by atoms with Gasteiger partial charge in [-0.05, 0) is 23.3 Å². The second-order valence-corrected chi connectivity index (χ2v) is 6.25. The lowest BCUT2D eigenvalue weighted by atomic mass is 10.1. The summed E-state index contributed by atoms with van der Waals surface area (Å²) >= 11 is 0. The number of thiol groups is 1. The Kier molecular flexibility index (Phi) is 7.33. The second kappa shape index (κ2) is 8.80. The summed E-state index contributed by atoms with van der Waals surface area (Å²) < 4.78 is 5.12. The summed E-state index contributed by atoms with van der Waals surface area (Å²) in [6, 6.07) is 0. The zero-order valence-electron chi connectivity index (χ0n) is 11.3. The highest BCUT2D eigenvalue weighted by atomic mass is 32.2. The van der Waals surface area contributed by atoms with E-state index in [0.717, 1.165) is 12.8 Å². The van der Waals surface area contributed by atoms with Gasteiger partial charge < -0.3 is 9.84 Å². The minimum atomic E-state index is -1.33. The molecular weight excluding hydrogens is 264 g/mol. The number of rotatable bonds is 8. The molecule has 19 heavy (non-hydrogen) atoms. The molecule has 0 aromatic rings. The van der Waals surface area contributed by atoms with Crippen LogP contribution in [0.2, 0.25) is 0 Å². The number of hydrogen-bond acceptors (Lipinski definition) is 3. The Morgan fingerprint density at radius 1 is 1.21 bits per heavy atom. The van der Waals surface area contributed by atoms with Crippen molar-refractivity contribution in [3.8, 4) is 0 Å². The molecule has 1 N–H and O–H groups in total. The van der Waals surface area contributed by atoms with Crippen LogP contribution in [0.4, 0.5) is 4.79 Å². The van der Waals surface area contributed by atoms with Crippen LogP contribution in [-0.4, -0.2) is 23.0 Å². The SMILES string of the molecule is CCCCCCCCOC(=O)C1=C[SH](C(=O)O)C=C1. The van der Waals surface area contributed by atoms with Crippen LogP contribution in [0.1, 0.15) is 45.4 Å². The lowest BCUT2D eigenvalue weighted by Gasteiger charge is -2.04. The average molecular weight is 286 g/mol. The molecule has 1 aliphatic heterocycles. The molecule has 108 valence electrons. The second-order valence-electron chi connectivity index (χ2n) is 4.49. The Morgan fingerprint density at radius 2 is 1.89 bits per heavy atom. The Morgan fingerprint density at radius 3 is 2.53 bits per heavy atom. The van der Waals surface area contributed by atoms with Gasteiger partial charge in [-0.25, -0.2) is 9.59 Å². The molecule has 4 nitrogen and oxygen atoms in total. The molecule has 0 aromatic heterocycles. The number of hydrogen-bond donors (Lipinski definition) is 2. The number of unbranched alkanes of at least 4 members (excludes halogenated alkanes) is 5. The third kappa shape index (κ3) is 5.96. The van der Waals surface area contributed by atoms with E-state index in [4.69, 9.17) is 9.84 Å². The van der Waals surface area contributed by atoms with Gasteiger partial charge >= 0.3 is 11.3 Å². The molecule has 1 atom stereocenters. The van der Waals surface area contributed by atoms with Crippen molar-refractivity contribution in [2.75, 3.05) is 6.61 Å². The van der Waals surface area contributed by atoms with Gasteiger partial charge in [-0.15, -0.1) is 10.9 Å². The number of carbonyl (C=O) groups excluding carboxylic acids is 1. The molecule has 5 heteroatoms. The predicted octanol–water partition coefficient (Wildman–Crippen LogP) is 3.98. The zero-order chi connectivity index (χ0) is 14.1. The molecule has 0 spiro atoms. The molecule has 1 unspecified atom stereocenters. The summed E-state index contributed by atoms with van der Waals surface area (Å²) in [5.41, 5.74) is 0.375. The molecule has 0 aliphatic carbocycles. The fourth-order valence-corrected chi connectivity index (χ4v) is 2.90. The van der Waals surface area contributed by atoms with Crippen LogP contribution in [0.5, 0.6) is 0 Å². The summed E-state index contributed by atoms with van der Waals surface area (Å²) in [5, 5.41) is 11.0. The van der Waals surface area contributed by atoms with Crippen molar-refractivity contribution in [1.82, 2.24) is 0 Å². The lowest BCUT2D eigenvalue weighted by Crippen LogP contribution is -2.07. The first-order valence-electron chi connectivity index (χ1n) is 6.73. The van der Waals surface area contributed by atoms with Gasteiger partial charge in [-0.1, -0.05) is 39.0 Å². The molecule has 0 aromatic carbocycles. The van der Waals surface area contributed by atoms with Crippen LogP contribution in [0, 0.1) is 0 Å². The Bertz CT molecular complexity index is 374. The number of ether oxygens (including phenoxy) is 1. The minimum absolute atomic E-state index is 0.375. The Hall–Kier alpha value is -1.23. The highest BCUT2D eigenvalue weighted by Gasteiger charge is 2.18. The van der Waals surface area contributed by atoms with Gasteiger partial charge in [-0.2, -0.15) is 0 Å². The van der Waals surface area contributed by atoms with E-state index in [1.807, 2.05) is 0 Å². The summed E-state index contributed by atoms with van der Waals surface area (Å²) in [6.45, 7) is 2.59. The van der Waals surface area contributed by atoms with Crippen LogP contribution >= 0.6 is 10.9 Å². The summed E-state index contributed by atoms with van der Waals surface area (Å²) in [6.07, 6.45) is 8.39. The van der Waals surface area contributed by atoms with E-state index in [1.165, 1.54) is 31.1 Å². The standard InChI is InChI=1S/C14H22O4S/c1-2-3-4-5-6-7-9-18-13(15)12-8-10-19(11-12)14(16)17/h8,10-11,19H,2-7,9H2,1H3,(H,16,17). The van der Waals surface area contributed by atoms with Crippen molar-refractivity contribution in [2.45, 2.75) is 45.4 Å². The van der Waals surface area contributed by atoms with E-state index < -0.39 is 22.2 Å². The highest BCUT2D eigenvalue weighted by Crippen LogP contribution is 2.36. The van der Waals surface area contributed by atoms with Gasteiger partial charge in [0.15, 0.2) is 0 Å². The zero-order valence-corrected chi connectivity index (χ0v) is 12.2. The van der Waals surface area contributed by atoms with Gasteiger partial charge in [0.2, 0.25) is 0 Å². The summed E-state index contributed by atoms with van der Waals surface area (Å²) in [4.78, 5) is 22.4. The maximum Gasteiger partial charge on any atom is 0.351 e. The Labute approximate surface area is 116 Å². The number of carbonyl (C=O) groups is 2. The monoisotopic (exact) mass is 286 g/mol. The normalized spacial score (nSPS) is 19.2. The van der Waals surface area contributed by atoms with Crippen LogP contribution in [0.3, 0.4) is 0 Å². The van der Waals surface area contributed by atoms with Gasteiger partial charge in [0, 0.05) is 0 Å². The van der Waals surface area contributed by atoms with E-state index in [0.29, 0.717) is 12.2 Å². The fourth-order valence-electron chi connectivity index (χ4n) is 1.77. The van der Waals surface area contributed by atoms with Gasteiger partial charge in [0.05, 0.1) is 12.2 Å². The molecular formula is C14H22O4S. The van der Waals surface area contributed by atoms with Crippen molar-refractivity contribution in [2.24, 2.45) is 0 Å².